The van der Waals surface area contributed by atoms with Crippen LogP contribution in [0.4, 0.5) is 18.9 Å². The Kier molecular flexibility index (Phi) is 4.56. The van der Waals surface area contributed by atoms with Crippen molar-refractivity contribution in [1.82, 2.24) is 4.98 Å². The first-order valence-electron chi connectivity index (χ1n) is 7.37. The second kappa shape index (κ2) is 6.80. The van der Waals surface area contributed by atoms with Crippen LogP contribution in [0.2, 0.25) is 0 Å². The fourth-order valence-corrected chi connectivity index (χ4v) is 2.30. The first kappa shape index (κ1) is 16.8. The van der Waals surface area contributed by atoms with E-state index < -0.39 is 24.3 Å². The number of amides is 1. The summed E-state index contributed by atoms with van der Waals surface area (Å²) in [6.07, 6.45) is -2.85. The first-order valence-corrected chi connectivity index (χ1v) is 7.37. The zero-order valence-corrected chi connectivity index (χ0v) is 12.9. The minimum absolute atomic E-state index is 0.0268. The molecule has 0 spiro atoms. The molecule has 4 nitrogen and oxygen atoms in total. The van der Waals surface area contributed by atoms with Crippen LogP contribution >= 0.6 is 0 Å². The van der Waals surface area contributed by atoms with Gasteiger partial charge in [0.05, 0.1) is 16.8 Å². The van der Waals surface area contributed by atoms with Gasteiger partial charge in [-0.15, -0.1) is 0 Å². The quantitative estimate of drug-likeness (QED) is 0.767. The topological polar surface area (TPSA) is 51.2 Å². The molecule has 0 saturated heterocycles. The monoisotopic (exact) mass is 346 g/mol. The number of anilines is 1. The summed E-state index contributed by atoms with van der Waals surface area (Å²) in [6, 6.07) is 13.3. The van der Waals surface area contributed by atoms with Gasteiger partial charge in [0.15, 0.2) is 6.61 Å². The van der Waals surface area contributed by atoms with Crippen molar-refractivity contribution in [3.63, 3.8) is 0 Å². The van der Waals surface area contributed by atoms with Crippen LogP contribution in [0.1, 0.15) is 5.56 Å². The predicted octanol–water partition coefficient (Wildman–Crippen LogP) is 4.27. The number of rotatable bonds is 4. The van der Waals surface area contributed by atoms with Crippen molar-refractivity contribution in [3.05, 3.63) is 66.4 Å². The molecule has 3 rings (SSSR count). The number of benzene rings is 2. The van der Waals surface area contributed by atoms with E-state index in [0.29, 0.717) is 11.2 Å². The molecule has 1 heterocycles. The molecule has 3 aromatic rings. The zero-order chi connectivity index (χ0) is 17.9. The molecule has 0 radical (unpaired) electrons. The Morgan fingerprint density at radius 1 is 1.08 bits per heavy atom. The van der Waals surface area contributed by atoms with Crippen LogP contribution < -0.4 is 10.1 Å². The number of fused-ring (bicyclic) bond motifs is 1. The highest BCUT2D eigenvalue weighted by Crippen LogP contribution is 2.31. The second-order valence-electron chi connectivity index (χ2n) is 5.24. The lowest BCUT2D eigenvalue weighted by molar-refractivity contribution is -0.137. The maximum atomic E-state index is 12.7. The molecule has 2 aromatic carbocycles. The molecule has 0 saturated carbocycles. The number of ether oxygens (including phenoxy) is 1. The Balaban J connectivity index is 1.67. The largest absolute Gasteiger partial charge is 0.484 e. The van der Waals surface area contributed by atoms with Gasteiger partial charge < -0.3 is 10.1 Å². The summed E-state index contributed by atoms with van der Waals surface area (Å²) in [5, 5.41) is 3.51. The van der Waals surface area contributed by atoms with E-state index in [-0.39, 0.29) is 5.75 Å². The number of aromatic nitrogens is 1. The van der Waals surface area contributed by atoms with Crippen molar-refractivity contribution in [3.8, 4) is 5.75 Å². The molecule has 0 aliphatic heterocycles. The van der Waals surface area contributed by atoms with Crippen LogP contribution in [0, 0.1) is 0 Å². The van der Waals surface area contributed by atoms with Crippen LogP contribution in [0.5, 0.6) is 5.75 Å². The molecular formula is C18H13F3N2O2. The van der Waals surface area contributed by atoms with E-state index in [9.17, 15) is 18.0 Å². The number of alkyl halides is 3. The molecular weight excluding hydrogens is 333 g/mol. The average molecular weight is 346 g/mol. The Labute approximate surface area is 141 Å². The van der Waals surface area contributed by atoms with Crippen molar-refractivity contribution >= 4 is 22.5 Å². The molecule has 0 aliphatic rings. The third-order valence-corrected chi connectivity index (χ3v) is 3.44. The SMILES string of the molecule is O=C(COc1cccc(C(F)(F)F)c1)Nc1cccc2cccnc12. The minimum atomic E-state index is -4.46. The Morgan fingerprint density at radius 2 is 1.84 bits per heavy atom. The molecule has 0 atom stereocenters. The third-order valence-electron chi connectivity index (χ3n) is 3.44. The number of hydrogen-bond donors (Lipinski definition) is 1. The van der Waals surface area contributed by atoms with Gasteiger partial charge >= 0.3 is 6.18 Å². The molecule has 0 bridgehead atoms. The number of halogens is 3. The second-order valence-corrected chi connectivity index (χ2v) is 5.24. The summed E-state index contributed by atoms with van der Waals surface area (Å²) in [4.78, 5) is 16.2. The van der Waals surface area contributed by atoms with Crippen molar-refractivity contribution in [2.24, 2.45) is 0 Å². The van der Waals surface area contributed by atoms with Gasteiger partial charge in [0, 0.05) is 11.6 Å². The molecule has 0 fully saturated rings. The lowest BCUT2D eigenvalue weighted by atomic mass is 10.2. The number of nitrogens with one attached hydrogen (secondary N) is 1. The maximum absolute atomic E-state index is 12.7. The van der Waals surface area contributed by atoms with Crippen LogP contribution in [-0.4, -0.2) is 17.5 Å². The Hall–Kier alpha value is -3.09. The van der Waals surface area contributed by atoms with E-state index in [0.717, 1.165) is 17.5 Å². The molecule has 128 valence electrons. The van der Waals surface area contributed by atoms with E-state index in [2.05, 4.69) is 10.3 Å². The van der Waals surface area contributed by atoms with Gasteiger partial charge in [-0.3, -0.25) is 9.78 Å². The van der Waals surface area contributed by atoms with Crippen LogP contribution in [0.3, 0.4) is 0 Å². The summed E-state index contributed by atoms with van der Waals surface area (Å²) in [5.41, 5.74) is 0.303. The Morgan fingerprint density at radius 3 is 2.64 bits per heavy atom. The highest BCUT2D eigenvalue weighted by molar-refractivity contribution is 6.00. The van der Waals surface area contributed by atoms with Crippen LogP contribution in [-0.2, 0) is 11.0 Å². The Bertz CT molecular complexity index is 905. The molecule has 1 amide bonds. The molecule has 1 aromatic heterocycles. The fraction of sp³-hybridized carbons (Fsp3) is 0.111. The maximum Gasteiger partial charge on any atom is 0.416 e. The summed E-state index contributed by atoms with van der Waals surface area (Å²) >= 11 is 0. The van der Waals surface area contributed by atoms with E-state index in [1.165, 1.54) is 12.1 Å². The predicted molar refractivity (Wildman–Crippen MR) is 87.3 cm³/mol. The molecule has 25 heavy (non-hydrogen) atoms. The van der Waals surface area contributed by atoms with Crippen molar-refractivity contribution in [1.29, 1.82) is 0 Å². The van der Waals surface area contributed by atoms with E-state index >= 15 is 0 Å². The van der Waals surface area contributed by atoms with Gasteiger partial charge in [-0.2, -0.15) is 13.2 Å². The molecule has 0 unspecified atom stereocenters. The van der Waals surface area contributed by atoms with Gasteiger partial charge in [0.25, 0.3) is 5.91 Å². The van der Waals surface area contributed by atoms with Crippen LogP contribution in [0.15, 0.2) is 60.8 Å². The first-order chi connectivity index (χ1) is 11.9. The van der Waals surface area contributed by atoms with Gasteiger partial charge in [0.2, 0.25) is 0 Å². The number of carbonyl (C=O) groups is 1. The molecule has 7 heteroatoms. The number of pyridine rings is 1. The molecule has 0 aliphatic carbocycles. The van der Waals surface area contributed by atoms with Gasteiger partial charge in [-0.25, -0.2) is 0 Å². The van der Waals surface area contributed by atoms with E-state index in [4.69, 9.17) is 4.74 Å². The summed E-state index contributed by atoms with van der Waals surface area (Å²) < 4.78 is 43.1. The van der Waals surface area contributed by atoms with E-state index in [1.807, 2.05) is 12.1 Å². The number of nitrogens with zero attached hydrogens (tertiary/aromatic N) is 1. The third kappa shape index (κ3) is 4.06. The standard InChI is InChI=1S/C18H13F3N2O2/c19-18(20,21)13-6-2-7-14(10-13)25-11-16(24)23-15-8-1-4-12-5-3-9-22-17(12)15/h1-10H,11H2,(H,23,24). The summed E-state index contributed by atoms with van der Waals surface area (Å²) in [7, 11) is 0. The number of para-hydroxylation sites is 1. The normalized spacial score (nSPS) is 11.3. The lowest BCUT2D eigenvalue weighted by Gasteiger charge is -2.11. The van der Waals surface area contributed by atoms with Crippen molar-refractivity contribution in [2.75, 3.05) is 11.9 Å². The number of hydrogen-bond acceptors (Lipinski definition) is 3. The lowest BCUT2D eigenvalue weighted by Crippen LogP contribution is -2.20. The van der Waals surface area contributed by atoms with Gasteiger partial charge in [0.1, 0.15) is 5.75 Å². The van der Waals surface area contributed by atoms with Gasteiger partial charge in [-0.05, 0) is 30.3 Å². The highest BCUT2D eigenvalue weighted by Gasteiger charge is 2.30. The number of carbonyl (C=O) groups excluding carboxylic acids is 1. The summed E-state index contributed by atoms with van der Waals surface area (Å²) in [5.74, 6) is -0.517. The summed E-state index contributed by atoms with van der Waals surface area (Å²) in [6.45, 7) is -0.412. The van der Waals surface area contributed by atoms with Gasteiger partial charge in [-0.1, -0.05) is 24.3 Å². The molecule has 1 N–H and O–H groups in total. The fourth-order valence-electron chi connectivity index (χ4n) is 2.30. The zero-order valence-electron chi connectivity index (χ0n) is 12.9. The smallest absolute Gasteiger partial charge is 0.416 e. The van der Waals surface area contributed by atoms with E-state index in [1.54, 1.807) is 24.4 Å². The minimum Gasteiger partial charge on any atom is -0.484 e. The van der Waals surface area contributed by atoms with Crippen LogP contribution in [0.25, 0.3) is 10.9 Å². The highest BCUT2D eigenvalue weighted by atomic mass is 19.4. The average Bonchev–Trinajstić information content (AvgIpc) is 2.60. The van der Waals surface area contributed by atoms with Crippen molar-refractivity contribution in [2.45, 2.75) is 6.18 Å². The van der Waals surface area contributed by atoms with Crippen molar-refractivity contribution < 1.29 is 22.7 Å².